The second-order valence-electron chi connectivity index (χ2n) is 8.68. The van der Waals surface area contributed by atoms with Crippen molar-refractivity contribution < 1.29 is 0 Å². The molecule has 0 bridgehead atoms. The van der Waals surface area contributed by atoms with Crippen LogP contribution in [0.25, 0.3) is 0 Å². The molecule has 0 unspecified atom stereocenters. The highest BCUT2D eigenvalue weighted by Crippen LogP contribution is 2.45. The van der Waals surface area contributed by atoms with Crippen LogP contribution in [0.1, 0.15) is 80.6 Å². The molecule has 1 saturated carbocycles. The summed E-state index contributed by atoms with van der Waals surface area (Å²) in [7, 11) is 0. The zero-order valence-electron chi connectivity index (χ0n) is 15.7. The third kappa shape index (κ3) is 4.45. The molecule has 1 aliphatic carbocycles. The number of hydrogen-bond acceptors (Lipinski definition) is 2. The van der Waals surface area contributed by atoms with Crippen LogP contribution in [0.4, 0.5) is 0 Å². The van der Waals surface area contributed by atoms with Crippen molar-refractivity contribution in [3.8, 4) is 0 Å². The van der Waals surface area contributed by atoms with Gasteiger partial charge in [-0.3, -0.25) is 4.90 Å². The van der Waals surface area contributed by atoms with Gasteiger partial charge in [-0.05, 0) is 56.8 Å². The first-order valence-corrected chi connectivity index (χ1v) is 9.15. The van der Waals surface area contributed by atoms with Crippen molar-refractivity contribution in [2.75, 3.05) is 13.1 Å². The van der Waals surface area contributed by atoms with E-state index in [1.165, 1.54) is 38.6 Å². The molecule has 2 N–H and O–H groups in total. The van der Waals surface area contributed by atoms with E-state index in [0.717, 1.165) is 12.5 Å². The van der Waals surface area contributed by atoms with Gasteiger partial charge in [0.2, 0.25) is 0 Å². The van der Waals surface area contributed by atoms with Gasteiger partial charge >= 0.3 is 0 Å². The third-order valence-corrected chi connectivity index (χ3v) is 6.11. The second kappa shape index (κ2) is 7.46. The fourth-order valence-electron chi connectivity index (χ4n) is 4.18. The molecule has 1 fully saturated rings. The maximum absolute atomic E-state index is 6.30. The summed E-state index contributed by atoms with van der Waals surface area (Å²) in [6, 6.07) is 0.590. The zero-order chi connectivity index (χ0) is 16.3. The molecule has 0 aromatic rings. The molecule has 0 amide bonds. The van der Waals surface area contributed by atoms with Crippen molar-refractivity contribution in [1.29, 1.82) is 0 Å². The van der Waals surface area contributed by atoms with Crippen molar-refractivity contribution in [1.82, 2.24) is 4.90 Å². The lowest BCUT2D eigenvalue weighted by molar-refractivity contribution is -0.00895. The van der Waals surface area contributed by atoms with Crippen LogP contribution in [0.3, 0.4) is 0 Å². The van der Waals surface area contributed by atoms with E-state index < -0.39 is 0 Å². The highest BCUT2D eigenvalue weighted by Gasteiger charge is 2.43. The molecule has 0 aromatic carbocycles. The summed E-state index contributed by atoms with van der Waals surface area (Å²) in [4.78, 5) is 2.72. The Morgan fingerprint density at radius 2 is 1.67 bits per heavy atom. The van der Waals surface area contributed by atoms with E-state index in [9.17, 15) is 0 Å². The summed E-state index contributed by atoms with van der Waals surface area (Å²) >= 11 is 0. The van der Waals surface area contributed by atoms with Gasteiger partial charge in [0.1, 0.15) is 0 Å². The average Bonchev–Trinajstić information content (AvgIpc) is 2.44. The van der Waals surface area contributed by atoms with Crippen LogP contribution in [-0.4, -0.2) is 29.6 Å². The highest BCUT2D eigenvalue weighted by atomic mass is 15.2. The van der Waals surface area contributed by atoms with Crippen LogP contribution in [0.5, 0.6) is 0 Å². The van der Waals surface area contributed by atoms with Crippen molar-refractivity contribution >= 4 is 0 Å². The van der Waals surface area contributed by atoms with Gasteiger partial charge in [-0.2, -0.15) is 0 Å². The van der Waals surface area contributed by atoms with E-state index in [-0.39, 0.29) is 5.54 Å². The minimum Gasteiger partial charge on any atom is -0.329 e. The van der Waals surface area contributed by atoms with Crippen LogP contribution in [0, 0.1) is 17.3 Å². The minimum atomic E-state index is 0.249. The molecular weight excluding hydrogens is 256 g/mol. The largest absolute Gasteiger partial charge is 0.329 e. The number of nitrogens with zero attached hydrogens (tertiary/aromatic N) is 1. The first-order valence-electron chi connectivity index (χ1n) is 9.15. The van der Waals surface area contributed by atoms with Gasteiger partial charge in [-0.25, -0.2) is 0 Å². The molecule has 1 aliphatic rings. The lowest BCUT2D eigenvalue weighted by Crippen LogP contribution is -2.59. The summed E-state index contributed by atoms with van der Waals surface area (Å²) in [5.74, 6) is 1.58. The van der Waals surface area contributed by atoms with Crippen LogP contribution >= 0.6 is 0 Å². The first-order chi connectivity index (χ1) is 9.68. The van der Waals surface area contributed by atoms with E-state index >= 15 is 0 Å². The number of nitrogens with two attached hydrogens (primary N) is 1. The summed E-state index contributed by atoms with van der Waals surface area (Å²) in [5, 5.41) is 0. The van der Waals surface area contributed by atoms with Gasteiger partial charge in [0.05, 0.1) is 0 Å². The van der Waals surface area contributed by atoms with Crippen molar-refractivity contribution in [2.45, 2.75) is 92.2 Å². The molecular formula is C19H40N2. The van der Waals surface area contributed by atoms with Crippen molar-refractivity contribution in [3.05, 3.63) is 0 Å². The Balaban J connectivity index is 2.83. The SMILES string of the molecule is CCC(C)(C)C1CCC(CN)(N(CC(C)C)C(C)C)CC1. The molecule has 0 radical (unpaired) electrons. The van der Waals surface area contributed by atoms with Gasteiger partial charge in [0.15, 0.2) is 0 Å². The minimum absolute atomic E-state index is 0.249. The molecule has 126 valence electrons. The first kappa shape index (κ1) is 19.0. The number of rotatable bonds is 7. The highest BCUT2D eigenvalue weighted by molar-refractivity contribution is 4.99. The average molecular weight is 297 g/mol. The van der Waals surface area contributed by atoms with Crippen LogP contribution in [-0.2, 0) is 0 Å². The lowest BCUT2D eigenvalue weighted by atomic mass is 9.65. The summed E-state index contributed by atoms with van der Waals surface area (Å²) < 4.78 is 0. The van der Waals surface area contributed by atoms with Gasteiger partial charge < -0.3 is 5.73 Å². The Hall–Kier alpha value is -0.0800. The van der Waals surface area contributed by atoms with Crippen molar-refractivity contribution in [2.24, 2.45) is 23.0 Å². The Morgan fingerprint density at radius 1 is 1.14 bits per heavy atom. The maximum Gasteiger partial charge on any atom is 0.0334 e. The Bertz CT molecular complexity index is 299. The topological polar surface area (TPSA) is 29.3 Å². The van der Waals surface area contributed by atoms with Gasteiger partial charge in [0, 0.05) is 24.7 Å². The lowest BCUT2D eigenvalue weighted by Gasteiger charge is -2.52. The van der Waals surface area contributed by atoms with Crippen LogP contribution in [0.15, 0.2) is 0 Å². The fraction of sp³-hybridized carbons (Fsp3) is 1.00. The monoisotopic (exact) mass is 296 g/mol. The van der Waals surface area contributed by atoms with E-state index in [2.05, 4.69) is 53.4 Å². The molecule has 2 heteroatoms. The number of hydrogen-bond donors (Lipinski definition) is 1. The quantitative estimate of drug-likeness (QED) is 0.739. The maximum atomic E-state index is 6.30. The molecule has 21 heavy (non-hydrogen) atoms. The smallest absolute Gasteiger partial charge is 0.0334 e. The summed E-state index contributed by atoms with van der Waals surface area (Å²) in [6.07, 6.45) is 6.54. The van der Waals surface area contributed by atoms with Gasteiger partial charge in [-0.15, -0.1) is 0 Å². The normalized spacial score (nSPS) is 27.9. The molecule has 0 heterocycles. The Kier molecular flexibility index (Phi) is 6.74. The standard InChI is InChI=1S/C19H40N2/c1-8-18(6,7)17-9-11-19(14-20,12-10-17)21(16(4)5)13-15(2)3/h15-17H,8-14,20H2,1-7H3. The summed E-state index contributed by atoms with van der Waals surface area (Å²) in [5.41, 5.74) is 7.03. The van der Waals surface area contributed by atoms with E-state index in [4.69, 9.17) is 5.73 Å². The van der Waals surface area contributed by atoms with Crippen LogP contribution in [0.2, 0.25) is 0 Å². The third-order valence-electron chi connectivity index (χ3n) is 6.11. The molecule has 0 spiro atoms. The predicted molar refractivity (Wildman–Crippen MR) is 94.5 cm³/mol. The fourth-order valence-corrected chi connectivity index (χ4v) is 4.18. The van der Waals surface area contributed by atoms with E-state index in [0.29, 0.717) is 17.4 Å². The molecule has 2 nitrogen and oxygen atoms in total. The van der Waals surface area contributed by atoms with E-state index in [1.54, 1.807) is 0 Å². The zero-order valence-corrected chi connectivity index (χ0v) is 15.7. The predicted octanol–water partition coefficient (Wildman–Crippen LogP) is 4.68. The van der Waals surface area contributed by atoms with E-state index in [1.807, 2.05) is 0 Å². The Labute approximate surface area is 133 Å². The molecule has 0 saturated heterocycles. The molecule has 0 atom stereocenters. The van der Waals surface area contributed by atoms with Crippen LogP contribution < -0.4 is 5.73 Å². The molecule has 1 rings (SSSR count). The second-order valence-corrected chi connectivity index (χ2v) is 8.68. The van der Waals surface area contributed by atoms with Gasteiger partial charge in [-0.1, -0.05) is 41.0 Å². The molecule has 0 aromatic heterocycles. The Morgan fingerprint density at radius 3 is 2.00 bits per heavy atom. The van der Waals surface area contributed by atoms with Crippen molar-refractivity contribution in [3.63, 3.8) is 0 Å². The van der Waals surface area contributed by atoms with Gasteiger partial charge in [0.25, 0.3) is 0 Å². The summed E-state index contributed by atoms with van der Waals surface area (Å²) in [6.45, 7) is 18.5. The molecule has 0 aliphatic heterocycles.